The minimum Gasteiger partial charge on any atom is -0.310 e. The van der Waals surface area contributed by atoms with Crippen molar-refractivity contribution in [1.29, 1.82) is 0 Å². The Bertz CT molecular complexity index is 2800. The SMILES string of the molecule is CC1(C)c2ccc(N(c3ccc(-c4ccc5ccccc5c4)cc3)c3cc(-c4ccccc4)cc(-c4ccccc4)c3)cc2-c2c(-c3ccccc3)cccc21. The molecule has 9 aromatic rings. The van der Waals surface area contributed by atoms with Gasteiger partial charge in [0.15, 0.2) is 0 Å². The molecule has 1 aliphatic carbocycles. The fourth-order valence-electron chi connectivity index (χ4n) is 8.74. The zero-order valence-corrected chi connectivity index (χ0v) is 31.7. The van der Waals surface area contributed by atoms with Crippen LogP contribution in [-0.4, -0.2) is 0 Å². The first-order valence-corrected chi connectivity index (χ1v) is 19.5. The molecule has 0 fully saturated rings. The Balaban J connectivity index is 1.18. The van der Waals surface area contributed by atoms with Crippen molar-refractivity contribution in [3.63, 3.8) is 0 Å². The van der Waals surface area contributed by atoms with Crippen molar-refractivity contribution in [3.8, 4) is 55.6 Å². The van der Waals surface area contributed by atoms with Gasteiger partial charge in [-0.2, -0.15) is 0 Å². The lowest BCUT2D eigenvalue weighted by Crippen LogP contribution is -2.15. The van der Waals surface area contributed by atoms with Crippen LogP contribution in [0.15, 0.2) is 212 Å². The molecule has 1 heteroatoms. The highest BCUT2D eigenvalue weighted by Crippen LogP contribution is 2.54. The predicted octanol–water partition coefficient (Wildman–Crippen LogP) is 15.3. The number of hydrogen-bond donors (Lipinski definition) is 0. The average molecular weight is 716 g/mol. The lowest BCUT2D eigenvalue weighted by atomic mass is 9.82. The molecule has 266 valence electrons. The molecule has 1 aliphatic rings. The van der Waals surface area contributed by atoms with E-state index >= 15 is 0 Å². The highest BCUT2D eigenvalue weighted by Gasteiger charge is 2.37. The molecule has 0 N–H and O–H groups in total. The van der Waals surface area contributed by atoms with Gasteiger partial charge in [-0.3, -0.25) is 0 Å². The van der Waals surface area contributed by atoms with Crippen LogP contribution in [0.25, 0.3) is 66.4 Å². The van der Waals surface area contributed by atoms with Gasteiger partial charge in [-0.15, -0.1) is 0 Å². The molecule has 0 heterocycles. The zero-order chi connectivity index (χ0) is 37.6. The van der Waals surface area contributed by atoms with Crippen LogP contribution in [0, 0.1) is 0 Å². The standard InChI is InChI=1S/C55H41N/c1-55(2)52-32-31-48(37-51(52)54-50(23-14-24-53(54)55)42-20-10-5-11-21-42)56(47-29-27-41(28-30-47)44-26-25-40-19-12-13-22-43(40)33-44)49-35-45(38-15-6-3-7-16-38)34-46(36-49)39-17-8-4-9-18-39/h3-37H,1-2H3. The second-order valence-electron chi connectivity index (χ2n) is 15.4. The first-order chi connectivity index (χ1) is 27.5. The predicted molar refractivity (Wildman–Crippen MR) is 238 cm³/mol. The molecule has 0 aliphatic heterocycles. The van der Waals surface area contributed by atoms with E-state index in [2.05, 4.69) is 231 Å². The fourth-order valence-corrected chi connectivity index (χ4v) is 8.74. The Morgan fingerprint density at radius 2 is 0.857 bits per heavy atom. The van der Waals surface area contributed by atoms with Gasteiger partial charge >= 0.3 is 0 Å². The summed E-state index contributed by atoms with van der Waals surface area (Å²) in [5.41, 5.74) is 18.2. The summed E-state index contributed by atoms with van der Waals surface area (Å²) in [6.07, 6.45) is 0. The van der Waals surface area contributed by atoms with Crippen molar-refractivity contribution < 1.29 is 0 Å². The van der Waals surface area contributed by atoms with E-state index in [1.54, 1.807) is 0 Å². The quantitative estimate of drug-likeness (QED) is 0.159. The third-order valence-electron chi connectivity index (χ3n) is 11.6. The molecule has 0 aromatic heterocycles. The van der Waals surface area contributed by atoms with Gasteiger partial charge in [0.2, 0.25) is 0 Å². The molecule has 56 heavy (non-hydrogen) atoms. The van der Waals surface area contributed by atoms with Crippen LogP contribution in [0.2, 0.25) is 0 Å². The van der Waals surface area contributed by atoms with E-state index in [0.717, 1.165) is 17.1 Å². The van der Waals surface area contributed by atoms with Crippen LogP contribution >= 0.6 is 0 Å². The summed E-state index contributed by atoms with van der Waals surface area (Å²) in [6, 6.07) is 77.7. The normalized spacial score (nSPS) is 12.6. The summed E-state index contributed by atoms with van der Waals surface area (Å²) in [6.45, 7) is 4.73. The molecule has 9 aromatic carbocycles. The minimum atomic E-state index is -0.131. The monoisotopic (exact) mass is 715 g/mol. The largest absolute Gasteiger partial charge is 0.310 e. The van der Waals surface area contributed by atoms with E-state index < -0.39 is 0 Å². The van der Waals surface area contributed by atoms with E-state index in [4.69, 9.17) is 0 Å². The first kappa shape index (κ1) is 33.6. The molecule has 10 rings (SSSR count). The van der Waals surface area contributed by atoms with Gasteiger partial charge in [0.05, 0.1) is 0 Å². The summed E-state index contributed by atoms with van der Waals surface area (Å²) < 4.78 is 0. The van der Waals surface area contributed by atoms with E-state index in [1.807, 2.05) is 0 Å². The van der Waals surface area contributed by atoms with Gasteiger partial charge in [0, 0.05) is 22.5 Å². The second-order valence-corrected chi connectivity index (χ2v) is 15.4. The Morgan fingerprint density at radius 1 is 0.304 bits per heavy atom. The van der Waals surface area contributed by atoms with Crippen LogP contribution < -0.4 is 4.90 Å². The smallest absolute Gasteiger partial charge is 0.0473 e. The molecule has 0 bridgehead atoms. The number of hydrogen-bond acceptors (Lipinski definition) is 1. The fraction of sp³-hybridized carbons (Fsp3) is 0.0545. The number of benzene rings is 9. The molecule has 0 unspecified atom stereocenters. The Labute approximate surface area is 329 Å². The van der Waals surface area contributed by atoms with Crippen LogP contribution in [-0.2, 0) is 5.41 Å². The molecule has 0 saturated heterocycles. The second kappa shape index (κ2) is 13.7. The van der Waals surface area contributed by atoms with Gasteiger partial charge < -0.3 is 4.90 Å². The average Bonchev–Trinajstić information content (AvgIpc) is 3.50. The van der Waals surface area contributed by atoms with Gasteiger partial charge in [-0.25, -0.2) is 0 Å². The van der Waals surface area contributed by atoms with Crippen molar-refractivity contribution in [3.05, 3.63) is 223 Å². The van der Waals surface area contributed by atoms with E-state index in [1.165, 1.54) is 77.5 Å². The van der Waals surface area contributed by atoms with Crippen molar-refractivity contribution in [1.82, 2.24) is 0 Å². The maximum Gasteiger partial charge on any atom is 0.0473 e. The van der Waals surface area contributed by atoms with E-state index in [-0.39, 0.29) is 5.41 Å². The summed E-state index contributed by atoms with van der Waals surface area (Å²) in [7, 11) is 0. The van der Waals surface area contributed by atoms with Crippen LogP contribution in [0.5, 0.6) is 0 Å². The van der Waals surface area contributed by atoms with Crippen LogP contribution in [0.1, 0.15) is 25.0 Å². The van der Waals surface area contributed by atoms with Crippen LogP contribution in [0.3, 0.4) is 0 Å². The van der Waals surface area contributed by atoms with Gasteiger partial charge in [0.1, 0.15) is 0 Å². The third kappa shape index (κ3) is 5.90. The van der Waals surface area contributed by atoms with Crippen molar-refractivity contribution in [2.45, 2.75) is 19.3 Å². The Hall–Kier alpha value is -6.96. The van der Waals surface area contributed by atoms with Crippen molar-refractivity contribution in [2.75, 3.05) is 4.90 Å². The van der Waals surface area contributed by atoms with E-state index in [0.29, 0.717) is 0 Å². The summed E-state index contributed by atoms with van der Waals surface area (Å²) >= 11 is 0. The summed E-state index contributed by atoms with van der Waals surface area (Å²) in [5, 5.41) is 2.50. The first-order valence-electron chi connectivity index (χ1n) is 19.5. The lowest BCUT2D eigenvalue weighted by Gasteiger charge is -2.28. The van der Waals surface area contributed by atoms with Gasteiger partial charge in [-0.05, 0) is 126 Å². The number of fused-ring (bicyclic) bond motifs is 4. The molecule has 1 nitrogen and oxygen atoms in total. The van der Waals surface area contributed by atoms with Crippen LogP contribution in [0.4, 0.5) is 17.1 Å². The molecular weight excluding hydrogens is 675 g/mol. The number of anilines is 3. The molecule has 0 atom stereocenters. The Kier molecular flexibility index (Phi) is 8.23. The van der Waals surface area contributed by atoms with Gasteiger partial charge in [-0.1, -0.05) is 178 Å². The highest BCUT2D eigenvalue weighted by molar-refractivity contribution is 5.95. The minimum absolute atomic E-state index is 0.131. The molecule has 0 radical (unpaired) electrons. The third-order valence-corrected chi connectivity index (χ3v) is 11.6. The Morgan fingerprint density at radius 3 is 1.52 bits per heavy atom. The lowest BCUT2D eigenvalue weighted by molar-refractivity contribution is 0.660. The van der Waals surface area contributed by atoms with Crippen molar-refractivity contribution in [2.24, 2.45) is 0 Å². The maximum atomic E-state index is 2.44. The number of rotatable bonds is 7. The molecule has 0 saturated carbocycles. The summed E-state index contributed by atoms with van der Waals surface area (Å²) in [4.78, 5) is 2.44. The maximum absolute atomic E-state index is 2.44. The van der Waals surface area contributed by atoms with E-state index in [9.17, 15) is 0 Å². The molecule has 0 amide bonds. The molecular formula is C55H41N. The highest BCUT2D eigenvalue weighted by atomic mass is 15.1. The summed E-state index contributed by atoms with van der Waals surface area (Å²) in [5.74, 6) is 0. The zero-order valence-electron chi connectivity index (χ0n) is 31.7. The van der Waals surface area contributed by atoms with Crippen molar-refractivity contribution >= 4 is 27.8 Å². The molecule has 0 spiro atoms. The number of nitrogens with zero attached hydrogens (tertiary/aromatic N) is 1. The topological polar surface area (TPSA) is 3.24 Å². The van der Waals surface area contributed by atoms with Gasteiger partial charge in [0.25, 0.3) is 0 Å².